The molecule has 162 valence electrons. The topological polar surface area (TPSA) is 110 Å². The third-order valence-electron chi connectivity index (χ3n) is 5.55. The predicted molar refractivity (Wildman–Crippen MR) is 122 cm³/mol. The molecule has 0 saturated carbocycles. The van der Waals surface area contributed by atoms with Gasteiger partial charge in [0.2, 0.25) is 10.0 Å². The zero-order chi connectivity index (χ0) is 22.9. The molecular weight excluding hydrogens is 426 g/mol. The lowest BCUT2D eigenvalue weighted by Crippen LogP contribution is -2.35. The molecule has 3 aromatic carbocycles. The molecule has 0 saturated heterocycles. The minimum atomic E-state index is -3.26. The summed E-state index contributed by atoms with van der Waals surface area (Å²) in [6, 6.07) is 19.6. The number of aromatic carboxylic acids is 1. The normalized spacial score (nSPS) is 13.8. The van der Waals surface area contributed by atoms with E-state index in [0.29, 0.717) is 41.9 Å². The molecular formula is C24H21N3O4S. The summed E-state index contributed by atoms with van der Waals surface area (Å²) < 4.78 is 25.3. The van der Waals surface area contributed by atoms with E-state index in [1.165, 1.54) is 10.6 Å². The Morgan fingerprint density at radius 1 is 1.12 bits per heavy atom. The summed E-state index contributed by atoms with van der Waals surface area (Å²) in [6.07, 6.45) is 1.80. The lowest BCUT2D eigenvalue weighted by Gasteiger charge is -2.28. The predicted octanol–water partition coefficient (Wildman–Crippen LogP) is 3.98. The van der Waals surface area contributed by atoms with E-state index in [1.807, 2.05) is 18.2 Å². The zero-order valence-corrected chi connectivity index (χ0v) is 18.2. The molecule has 0 aliphatic carbocycles. The number of hydrogen-bond donors (Lipinski definition) is 2. The van der Waals surface area contributed by atoms with E-state index < -0.39 is 16.0 Å². The molecule has 0 unspecified atom stereocenters. The quantitative estimate of drug-likeness (QED) is 0.612. The Morgan fingerprint density at radius 2 is 1.88 bits per heavy atom. The number of nitrogens with zero attached hydrogens (tertiary/aromatic N) is 2. The van der Waals surface area contributed by atoms with Gasteiger partial charge >= 0.3 is 5.97 Å². The molecule has 32 heavy (non-hydrogen) atoms. The molecule has 1 heterocycles. The number of carbonyl (C=O) groups is 1. The van der Waals surface area contributed by atoms with Crippen LogP contribution in [0, 0.1) is 11.3 Å². The number of carboxylic acids is 1. The number of anilines is 2. The van der Waals surface area contributed by atoms with Crippen LogP contribution in [0.25, 0.3) is 11.1 Å². The van der Waals surface area contributed by atoms with Gasteiger partial charge in [-0.25, -0.2) is 13.2 Å². The summed E-state index contributed by atoms with van der Waals surface area (Å²) in [5, 5.41) is 22.0. The van der Waals surface area contributed by atoms with Gasteiger partial charge in [0.15, 0.2) is 0 Å². The van der Waals surface area contributed by atoms with Crippen LogP contribution in [0.5, 0.6) is 0 Å². The van der Waals surface area contributed by atoms with Crippen LogP contribution in [-0.2, 0) is 23.0 Å². The highest BCUT2D eigenvalue weighted by Gasteiger charge is 2.24. The molecule has 0 fully saturated rings. The van der Waals surface area contributed by atoms with Crippen LogP contribution in [0.4, 0.5) is 11.4 Å². The lowest BCUT2D eigenvalue weighted by molar-refractivity contribution is 0.0697. The molecule has 0 aromatic heterocycles. The number of sulfonamides is 1. The van der Waals surface area contributed by atoms with Crippen LogP contribution in [-0.4, -0.2) is 36.6 Å². The first-order valence-corrected chi connectivity index (χ1v) is 11.8. The Bertz CT molecular complexity index is 1340. The fourth-order valence-corrected chi connectivity index (χ4v) is 4.71. The van der Waals surface area contributed by atoms with E-state index in [9.17, 15) is 18.3 Å². The summed E-state index contributed by atoms with van der Waals surface area (Å²) in [5.41, 5.74) is 5.48. The molecule has 0 atom stereocenters. The van der Waals surface area contributed by atoms with E-state index in [0.717, 1.165) is 16.8 Å². The van der Waals surface area contributed by atoms with Crippen molar-refractivity contribution in [2.45, 2.75) is 13.0 Å². The molecule has 8 heteroatoms. The molecule has 2 N–H and O–H groups in total. The van der Waals surface area contributed by atoms with Crippen molar-refractivity contribution in [1.82, 2.24) is 4.31 Å². The first kappa shape index (κ1) is 21.6. The average Bonchev–Trinajstić information content (AvgIpc) is 2.78. The van der Waals surface area contributed by atoms with Gasteiger partial charge in [-0.15, -0.1) is 0 Å². The Hall–Kier alpha value is -3.67. The molecule has 7 nitrogen and oxygen atoms in total. The number of nitriles is 1. The fraction of sp³-hybridized carbons (Fsp3) is 0.167. The van der Waals surface area contributed by atoms with E-state index in [2.05, 4.69) is 11.4 Å². The third kappa shape index (κ3) is 4.35. The maximum Gasteiger partial charge on any atom is 0.336 e. The molecule has 1 aliphatic rings. The second kappa shape index (κ2) is 8.46. The standard InChI is InChI=1S/C24H21N3O4S/c1-32(30,31)27-12-11-20-18(15-27)3-2-4-23(20)26-19-9-10-21(24(28)29)22(13-19)17-7-5-16(14-25)6-8-17/h2-10,13,26H,11-12,15H2,1H3,(H,28,29). The van der Waals surface area contributed by atoms with Crippen molar-refractivity contribution in [3.63, 3.8) is 0 Å². The highest BCUT2D eigenvalue weighted by molar-refractivity contribution is 7.88. The molecule has 0 amide bonds. The second-order valence-corrected chi connectivity index (χ2v) is 9.65. The van der Waals surface area contributed by atoms with Gasteiger partial charge < -0.3 is 10.4 Å². The summed E-state index contributed by atoms with van der Waals surface area (Å²) >= 11 is 0. The van der Waals surface area contributed by atoms with Gasteiger partial charge in [0.05, 0.1) is 23.5 Å². The van der Waals surface area contributed by atoms with Gasteiger partial charge in [-0.1, -0.05) is 24.3 Å². The van der Waals surface area contributed by atoms with E-state index in [1.54, 1.807) is 42.5 Å². The largest absolute Gasteiger partial charge is 0.478 e. The molecule has 0 bridgehead atoms. The van der Waals surface area contributed by atoms with Gasteiger partial charge in [0, 0.05) is 24.5 Å². The van der Waals surface area contributed by atoms with Crippen molar-refractivity contribution < 1.29 is 18.3 Å². The number of benzene rings is 3. The van der Waals surface area contributed by atoms with Crippen molar-refractivity contribution in [1.29, 1.82) is 5.26 Å². The number of hydrogen-bond acceptors (Lipinski definition) is 5. The number of rotatable bonds is 5. The first-order chi connectivity index (χ1) is 15.3. The maximum atomic E-state index is 11.9. The summed E-state index contributed by atoms with van der Waals surface area (Å²) in [5.74, 6) is -1.03. The SMILES string of the molecule is CS(=O)(=O)N1CCc2c(cccc2Nc2ccc(C(=O)O)c(-c3ccc(C#N)cc3)c2)C1. The molecule has 1 aliphatic heterocycles. The van der Waals surface area contributed by atoms with Gasteiger partial charge in [-0.05, 0) is 65.1 Å². The zero-order valence-electron chi connectivity index (χ0n) is 17.4. The highest BCUT2D eigenvalue weighted by atomic mass is 32.2. The van der Waals surface area contributed by atoms with Gasteiger partial charge in [0.25, 0.3) is 0 Å². The number of carboxylic acid groups (broad SMARTS) is 1. The second-order valence-electron chi connectivity index (χ2n) is 7.67. The van der Waals surface area contributed by atoms with Crippen LogP contribution in [0.15, 0.2) is 60.7 Å². The number of fused-ring (bicyclic) bond motifs is 1. The first-order valence-electron chi connectivity index (χ1n) is 9.97. The van der Waals surface area contributed by atoms with Crippen LogP contribution >= 0.6 is 0 Å². The third-order valence-corrected chi connectivity index (χ3v) is 6.80. The van der Waals surface area contributed by atoms with Crippen molar-refractivity contribution in [2.75, 3.05) is 18.1 Å². The summed E-state index contributed by atoms with van der Waals surface area (Å²) in [4.78, 5) is 11.8. The molecule has 0 radical (unpaired) electrons. The van der Waals surface area contributed by atoms with Crippen LogP contribution in [0.1, 0.15) is 27.0 Å². The summed E-state index contributed by atoms with van der Waals surface area (Å²) in [6.45, 7) is 0.747. The van der Waals surface area contributed by atoms with Crippen molar-refractivity contribution in [3.05, 3.63) is 82.9 Å². The van der Waals surface area contributed by atoms with E-state index in [-0.39, 0.29) is 5.56 Å². The number of nitrogens with one attached hydrogen (secondary N) is 1. The minimum Gasteiger partial charge on any atom is -0.478 e. The molecule has 0 spiro atoms. The van der Waals surface area contributed by atoms with E-state index in [4.69, 9.17) is 5.26 Å². The lowest BCUT2D eigenvalue weighted by atomic mass is 9.97. The highest BCUT2D eigenvalue weighted by Crippen LogP contribution is 2.32. The van der Waals surface area contributed by atoms with Crippen molar-refractivity contribution in [3.8, 4) is 17.2 Å². The Balaban J connectivity index is 1.69. The smallest absolute Gasteiger partial charge is 0.336 e. The molecule has 3 aromatic rings. The Morgan fingerprint density at radius 3 is 2.53 bits per heavy atom. The van der Waals surface area contributed by atoms with Gasteiger partial charge in [0.1, 0.15) is 0 Å². The maximum absolute atomic E-state index is 11.9. The van der Waals surface area contributed by atoms with Gasteiger partial charge in [-0.3, -0.25) is 0 Å². The van der Waals surface area contributed by atoms with E-state index >= 15 is 0 Å². The Kier molecular flexibility index (Phi) is 5.70. The minimum absolute atomic E-state index is 0.166. The monoisotopic (exact) mass is 447 g/mol. The average molecular weight is 448 g/mol. The van der Waals surface area contributed by atoms with Crippen molar-refractivity contribution >= 4 is 27.4 Å². The van der Waals surface area contributed by atoms with Gasteiger partial charge in [-0.2, -0.15) is 9.57 Å². The van der Waals surface area contributed by atoms with Crippen molar-refractivity contribution in [2.24, 2.45) is 0 Å². The van der Waals surface area contributed by atoms with Crippen LogP contribution < -0.4 is 5.32 Å². The summed E-state index contributed by atoms with van der Waals surface area (Å²) in [7, 11) is -3.26. The fourth-order valence-electron chi connectivity index (χ4n) is 3.91. The van der Waals surface area contributed by atoms with Crippen LogP contribution in [0.3, 0.4) is 0 Å². The molecule has 4 rings (SSSR count). The Labute approximate surface area is 186 Å². The van der Waals surface area contributed by atoms with Crippen LogP contribution in [0.2, 0.25) is 0 Å².